The molecular formula is C28H34BrNO2. The Hall–Kier alpha value is -2.07. The Morgan fingerprint density at radius 3 is 2.25 bits per heavy atom. The molecule has 4 aliphatic carbocycles. The predicted octanol–water partition coefficient (Wildman–Crippen LogP) is 2.94. The number of halogens is 1. The van der Waals surface area contributed by atoms with E-state index in [1.807, 2.05) is 12.1 Å². The van der Waals surface area contributed by atoms with Gasteiger partial charge in [-0.05, 0) is 97.6 Å². The van der Waals surface area contributed by atoms with Crippen LogP contribution in [0.4, 0.5) is 0 Å². The number of hydrogen-bond donors (Lipinski definition) is 0. The number of rotatable bonds is 7. The van der Waals surface area contributed by atoms with E-state index in [1.54, 1.807) is 14.2 Å². The lowest BCUT2D eigenvalue weighted by atomic mass is 9.49. The average molecular weight is 496 g/mol. The number of benzene rings is 1. The molecule has 0 saturated heterocycles. The van der Waals surface area contributed by atoms with Gasteiger partial charge in [0.15, 0.2) is 24.2 Å². The molecule has 1 aromatic heterocycles. The van der Waals surface area contributed by atoms with Gasteiger partial charge in [-0.15, -0.1) is 0 Å². The fourth-order valence-electron chi connectivity index (χ4n) is 6.74. The van der Waals surface area contributed by atoms with Crippen LogP contribution < -0.4 is 31.0 Å². The van der Waals surface area contributed by atoms with Crippen LogP contribution in [0.5, 0.6) is 11.5 Å². The highest BCUT2D eigenvalue weighted by atomic mass is 79.9. The summed E-state index contributed by atoms with van der Waals surface area (Å²) in [6.45, 7) is 0.925. The minimum absolute atomic E-state index is 0. The first-order valence-corrected chi connectivity index (χ1v) is 11.7. The molecule has 170 valence electrons. The number of hydrogen-bond acceptors (Lipinski definition) is 2. The van der Waals surface area contributed by atoms with Crippen LogP contribution in [0.15, 0.2) is 54.7 Å². The maximum atomic E-state index is 5.43. The fourth-order valence-corrected chi connectivity index (χ4v) is 6.74. The minimum Gasteiger partial charge on any atom is -1.00 e. The molecule has 0 atom stereocenters. The van der Waals surface area contributed by atoms with Gasteiger partial charge >= 0.3 is 0 Å². The van der Waals surface area contributed by atoms with Gasteiger partial charge < -0.3 is 26.5 Å². The van der Waals surface area contributed by atoms with Crippen molar-refractivity contribution in [3.63, 3.8) is 0 Å². The molecule has 1 aromatic carbocycles. The second-order valence-electron chi connectivity index (χ2n) is 9.91. The van der Waals surface area contributed by atoms with Crippen LogP contribution in [0, 0.1) is 23.2 Å². The number of aromatic nitrogens is 1. The molecule has 0 spiro atoms. The summed E-state index contributed by atoms with van der Waals surface area (Å²) in [5, 5.41) is 0. The van der Waals surface area contributed by atoms with E-state index in [1.165, 1.54) is 44.2 Å². The normalized spacial score (nSPS) is 28.2. The van der Waals surface area contributed by atoms with E-state index < -0.39 is 0 Å². The number of allylic oxidation sites excluding steroid dienone is 2. The zero-order valence-corrected chi connectivity index (χ0v) is 20.8. The molecule has 0 aliphatic heterocycles. The summed E-state index contributed by atoms with van der Waals surface area (Å²) in [5.74, 6) is 4.51. The van der Waals surface area contributed by atoms with Crippen molar-refractivity contribution in [1.29, 1.82) is 0 Å². The van der Waals surface area contributed by atoms with Crippen LogP contribution >= 0.6 is 0 Å². The Labute approximate surface area is 202 Å². The molecule has 4 heteroatoms. The summed E-state index contributed by atoms with van der Waals surface area (Å²) in [5.41, 5.74) is 2.80. The Bertz CT molecular complexity index is 961. The molecule has 0 unspecified atom stereocenters. The van der Waals surface area contributed by atoms with Gasteiger partial charge in [0.2, 0.25) is 5.69 Å². The summed E-state index contributed by atoms with van der Waals surface area (Å²) < 4.78 is 13.1. The smallest absolute Gasteiger partial charge is 0.205 e. The molecule has 0 radical (unpaired) electrons. The van der Waals surface area contributed by atoms with Gasteiger partial charge in [0.1, 0.15) is 0 Å². The quantitative estimate of drug-likeness (QED) is 0.435. The highest BCUT2D eigenvalue weighted by molar-refractivity contribution is 5.68. The maximum absolute atomic E-state index is 5.43. The van der Waals surface area contributed by atoms with Crippen LogP contribution in [-0.2, 0) is 6.54 Å². The van der Waals surface area contributed by atoms with E-state index >= 15 is 0 Å². The molecule has 4 bridgehead atoms. The van der Waals surface area contributed by atoms with Gasteiger partial charge in [0, 0.05) is 18.2 Å². The Morgan fingerprint density at radius 2 is 1.59 bits per heavy atom. The van der Waals surface area contributed by atoms with Gasteiger partial charge in [-0.25, -0.2) is 0 Å². The van der Waals surface area contributed by atoms with Crippen molar-refractivity contribution in [1.82, 2.24) is 0 Å². The third-order valence-corrected chi connectivity index (χ3v) is 7.69. The molecule has 1 heterocycles. The van der Waals surface area contributed by atoms with Gasteiger partial charge in [-0.2, -0.15) is 4.57 Å². The molecule has 0 amide bonds. The third kappa shape index (κ3) is 4.80. The second-order valence-corrected chi connectivity index (χ2v) is 9.91. The van der Waals surface area contributed by atoms with Crippen LogP contribution in [0.25, 0.3) is 12.2 Å². The number of pyridine rings is 1. The molecule has 0 N–H and O–H groups in total. The minimum atomic E-state index is 0. The molecule has 4 saturated carbocycles. The van der Waals surface area contributed by atoms with Crippen molar-refractivity contribution in [2.45, 2.75) is 45.1 Å². The van der Waals surface area contributed by atoms with Crippen molar-refractivity contribution in [3.05, 3.63) is 66.0 Å². The lowest BCUT2D eigenvalue weighted by Gasteiger charge is -2.55. The Morgan fingerprint density at radius 1 is 0.906 bits per heavy atom. The highest BCUT2D eigenvalue weighted by Gasteiger charge is 2.49. The molecule has 4 fully saturated rings. The predicted molar refractivity (Wildman–Crippen MR) is 125 cm³/mol. The largest absolute Gasteiger partial charge is 1.00 e. The highest BCUT2D eigenvalue weighted by Crippen LogP contribution is 2.60. The zero-order valence-electron chi connectivity index (χ0n) is 19.2. The standard InChI is InChI=1S/C28H34NO2.BrH/c1-30-26-10-8-21(17-27(26)31-2)7-9-25-6-3-4-12-29(25)13-5-11-28-18-22-14-23(19-28)16-24(15-22)20-28;/h3-12,17,22-24H,13-16,18-20H2,1-2H3;1H/q+1;/p-1/b9-7+,11-5+;. The first kappa shape index (κ1) is 23.1. The van der Waals surface area contributed by atoms with E-state index in [4.69, 9.17) is 9.47 Å². The van der Waals surface area contributed by atoms with E-state index in [2.05, 4.69) is 59.3 Å². The molecular weight excluding hydrogens is 462 g/mol. The SMILES string of the molecule is COc1ccc(/C=C/c2cccc[n+]2C/C=C/C23CC4CC(CC(C4)C2)C3)cc1OC.[Br-]. The van der Waals surface area contributed by atoms with E-state index in [9.17, 15) is 0 Å². The van der Waals surface area contributed by atoms with E-state index in [0.29, 0.717) is 5.41 Å². The van der Waals surface area contributed by atoms with Crippen molar-refractivity contribution in [3.8, 4) is 11.5 Å². The van der Waals surface area contributed by atoms with Gasteiger partial charge in [-0.1, -0.05) is 12.1 Å². The van der Waals surface area contributed by atoms with Crippen LogP contribution in [-0.4, -0.2) is 14.2 Å². The summed E-state index contributed by atoms with van der Waals surface area (Å²) in [7, 11) is 3.34. The first-order valence-electron chi connectivity index (χ1n) is 11.7. The van der Waals surface area contributed by atoms with E-state index in [-0.39, 0.29) is 17.0 Å². The van der Waals surface area contributed by atoms with Gasteiger partial charge in [0.25, 0.3) is 0 Å². The number of nitrogens with zero attached hydrogens (tertiary/aromatic N) is 1. The lowest BCUT2D eigenvalue weighted by molar-refractivity contribution is -0.688. The molecule has 4 aliphatic rings. The van der Waals surface area contributed by atoms with Crippen LogP contribution in [0.1, 0.15) is 49.8 Å². The van der Waals surface area contributed by atoms with Crippen LogP contribution in [0.2, 0.25) is 0 Å². The average Bonchev–Trinajstić information content (AvgIpc) is 2.77. The summed E-state index contributed by atoms with van der Waals surface area (Å²) in [4.78, 5) is 0. The van der Waals surface area contributed by atoms with Crippen LogP contribution in [0.3, 0.4) is 0 Å². The van der Waals surface area contributed by atoms with Crippen molar-refractivity contribution >= 4 is 12.2 Å². The molecule has 32 heavy (non-hydrogen) atoms. The number of ether oxygens (including phenoxy) is 2. The van der Waals surface area contributed by atoms with Gasteiger partial charge in [-0.3, -0.25) is 0 Å². The molecule has 3 nitrogen and oxygen atoms in total. The summed E-state index contributed by atoms with van der Waals surface area (Å²) >= 11 is 0. The molecule has 2 aromatic rings. The Kier molecular flexibility index (Phi) is 7.09. The second kappa shape index (κ2) is 9.82. The van der Waals surface area contributed by atoms with E-state index in [0.717, 1.165) is 41.4 Å². The summed E-state index contributed by atoms with van der Waals surface area (Å²) in [6, 6.07) is 12.4. The van der Waals surface area contributed by atoms with Crippen molar-refractivity contribution in [2.24, 2.45) is 23.2 Å². The maximum Gasteiger partial charge on any atom is 0.205 e. The topological polar surface area (TPSA) is 22.3 Å². The van der Waals surface area contributed by atoms with Crippen molar-refractivity contribution in [2.75, 3.05) is 14.2 Å². The zero-order chi connectivity index (χ0) is 21.3. The summed E-state index contributed by atoms with van der Waals surface area (Å²) in [6.07, 6.45) is 20.3. The lowest BCUT2D eigenvalue weighted by Crippen LogP contribution is -3.00. The fraction of sp³-hybridized carbons (Fsp3) is 0.464. The number of methoxy groups -OCH3 is 2. The molecule has 6 rings (SSSR count). The first-order chi connectivity index (χ1) is 15.2. The van der Waals surface area contributed by atoms with Crippen molar-refractivity contribution < 1.29 is 31.0 Å². The third-order valence-electron chi connectivity index (χ3n) is 7.69. The monoisotopic (exact) mass is 495 g/mol. The van der Waals surface area contributed by atoms with Gasteiger partial charge in [0.05, 0.1) is 14.2 Å². The Balaban J connectivity index is 0.00000245.